The summed E-state index contributed by atoms with van der Waals surface area (Å²) >= 11 is 0. The van der Waals surface area contributed by atoms with Gasteiger partial charge in [0.05, 0.1) is 13.2 Å². The lowest BCUT2D eigenvalue weighted by Crippen LogP contribution is -2.68. The van der Waals surface area contributed by atoms with E-state index >= 15 is 0 Å². The van der Waals surface area contributed by atoms with Crippen LogP contribution in [0.4, 0.5) is 0 Å². The van der Waals surface area contributed by atoms with Gasteiger partial charge in [-0.3, -0.25) is 20.1 Å². The molecule has 4 fully saturated rings. The maximum absolute atomic E-state index is 12.3. The summed E-state index contributed by atoms with van der Waals surface area (Å²) in [5.41, 5.74) is 5.23. The summed E-state index contributed by atoms with van der Waals surface area (Å²) in [7, 11) is 5.00. The van der Waals surface area contributed by atoms with Crippen molar-refractivity contribution in [2.24, 2.45) is 5.73 Å². The molecule has 14 unspecified atom stereocenters. The lowest BCUT2D eigenvalue weighted by atomic mass is 9.94. The number of esters is 1. The van der Waals surface area contributed by atoms with Gasteiger partial charge in [-0.15, -0.1) is 0 Å². The molecule has 0 spiro atoms. The van der Waals surface area contributed by atoms with E-state index in [4.69, 9.17) is 57.8 Å². The van der Waals surface area contributed by atoms with Crippen LogP contribution < -0.4 is 16.4 Å². The molecule has 0 aromatic heterocycles. The van der Waals surface area contributed by atoms with E-state index < -0.39 is 166 Å². The van der Waals surface area contributed by atoms with E-state index in [1.807, 2.05) is 0 Å². The number of carbonyl (C=O) groups is 4. The summed E-state index contributed by atoms with van der Waals surface area (Å²) < 4.78 is 58.5. The highest BCUT2D eigenvalue weighted by Crippen LogP contribution is 2.32. The molecular weight excluding hydrogens is 818 g/mol. The van der Waals surface area contributed by atoms with Gasteiger partial charge in [-0.25, -0.2) is 4.79 Å². The molecule has 0 radical (unpaired) electrons. The Hall–Kier alpha value is -2.68. The van der Waals surface area contributed by atoms with Crippen LogP contribution in [-0.4, -0.2) is 236 Å². The second-order valence-corrected chi connectivity index (χ2v) is 14.0. The fourth-order valence-corrected chi connectivity index (χ4v) is 7.07. The third-order valence-corrected chi connectivity index (χ3v) is 9.99. The normalized spacial score (nSPS) is 41.9. The van der Waals surface area contributed by atoms with E-state index in [1.54, 1.807) is 0 Å². The number of hydrogen-bond acceptors (Lipinski definition) is 24. The molecule has 0 aromatic rings. The molecule has 26 nitrogen and oxygen atoms in total. The first-order valence-corrected chi connectivity index (χ1v) is 18.6. The van der Waals surface area contributed by atoms with E-state index in [-0.39, 0.29) is 0 Å². The number of aliphatic hydroxyl groups is 8. The molecule has 4 saturated heterocycles. The largest absolute Gasteiger partial charge is 0.448 e. The number of ether oxygens (including phenoxy) is 11. The number of ketones is 1. The van der Waals surface area contributed by atoms with Crippen LogP contribution in [0.1, 0.15) is 20.8 Å². The van der Waals surface area contributed by atoms with Crippen molar-refractivity contribution in [2.45, 2.75) is 143 Å². The zero-order valence-corrected chi connectivity index (χ0v) is 33.9. The van der Waals surface area contributed by atoms with Crippen LogP contribution in [0.15, 0.2) is 0 Å². The SMILES string of the molecule is COC1OC(C(=O)OCN)[C@@H](O[C@@H]2OC(CO)C(O)[C@H](OC)C2NC(C)=O)C(O)C1O.COC1OC(C(C)=O)[C@@H](O[C@@H]2OC(CO)C(O)[C@H](OC)C2NC(C)=O)C(O)C1O. The van der Waals surface area contributed by atoms with Gasteiger partial charge in [-0.05, 0) is 6.92 Å². The molecule has 4 heterocycles. The Balaban J connectivity index is 0.000000321. The number of nitrogens with two attached hydrogens (primary N) is 1. The molecule has 4 aliphatic rings. The Labute approximate surface area is 343 Å². The molecule has 0 aliphatic carbocycles. The van der Waals surface area contributed by atoms with Gasteiger partial charge in [0.15, 0.2) is 37.0 Å². The lowest BCUT2D eigenvalue weighted by Gasteiger charge is -2.47. The van der Waals surface area contributed by atoms with Crippen LogP contribution in [0.2, 0.25) is 0 Å². The van der Waals surface area contributed by atoms with Crippen molar-refractivity contribution in [3.63, 3.8) is 0 Å². The van der Waals surface area contributed by atoms with Crippen LogP contribution in [0.3, 0.4) is 0 Å². The van der Waals surface area contributed by atoms with Gasteiger partial charge >= 0.3 is 5.97 Å². The minimum absolute atomic E-state index is 0.480. The molecule has 4 aliphatic heterocycles. The highest BCUT2D eigenvalue weighted by Gasteiger charge is 2.55. The van der Waals surface area contributed by atoms with Gasteiger partial charge in [0.25, 0.3) is 0 Å². The van der Waals surface area contributed by atoms with Gasteiger partial charge < -0.3 is 104 Å². The Morgan fingerprint density at radius 1 is 0.533 bits per heavy atom. The quantitative estimate of drug-likeness (QED) is 0.0537. The van der Waals surface area contributed by atoms with Gasteiger partial charge in [0.1, 0.15) is 98.2 Å². The number of amides is 2. The molecule has 0 bridgehead atoms. The number of hydrogen-bond donors (Lipinski definition) is 11. The van der Waals surface area contributed by atoms with Crippen molar-refractivity contribution < 1.29 is 112 Å². The Bertz CT molecular complexity index is 1390. The van der Waals surface area contributed by atoms with Crippen molar-refractivity contribution in [3.8, 4) is 0 Å². The molecule has 348 valence electrons. The topological polar surface area (TPSA) is 382 Å². The van der Waals surface area contributed by atoms with E-state index in [1.165, 1.54) is 49.2 Å². The van der Waals surface area contributed by atoms with Gasteiger partial charge in [0, 0.05) is 42.3 Å². The zero-order chi connectivity index (χ0) is 45.2. The van der Waals surface area contributed by atoms with Crippen molar-refractivity contribution in [1.82, 2.24) is 10.6 Å². The molecule has 4 rings (SSSR count). The number of carbonyl (C=O) groups excluding carboxylic acids is 4. The van der Waals surface area contributed by atoms with Gasteiger partial charge in [-0.2, -0.15) is 0 Å². The van der Waals surface area contributed by atoms with Crippen molar-refractivity contribution >= 4 is 23.6 Å². The van der Waals surface area contributed by atoms with E-state index in [0.717, 1.165) is 0 Å². The van der Waals surface area contributed by atoms with Crippen LogP contribution in [0.5, 0.6) is 0 Å². The van der Waals surface area contributed by atoms with Crippen LogP contribution >= 0.6 is 0 Å². The highest BCUT2D eigenvalue weighted by molar-refractivity contribution is 5.81. The molecule has 20 atom stereocenters. The van der Waals surface area contributed by atoms with E-state index in [0.29, 0.717) is 0 Å². The Morgan fingerprint density at radius 3 is 1.23 bits per heavy atom. The summed E-state index contributed by atoms with van der Waals surface area (Å²) in [6.45, 7) is 1.97. The summed E-state index contributed by atoms with van der Waals surface area (Å²) in [6.07, 6.45) is -24.7. The van der Waals surface area contributed by atoms with Crippen molar-refractivity contribution in [1.29, 1.82) is 0 Å². The summed E-state index contributed by atoms with van der Waals surface area (Å²) in [6, 6.07) is -2.16. The molecule has 0 aromatic carbocycles. The van der Waals surface area contributed by atoms with E-state index in [9.17, 15) is 60.0 Å². The lowest BCUT2D eigenvalue weighted by molar-refractivity contribution is -0.339. The maximum Gasteiger partial charge on any atom is 0.339 e. The highest BCUT2D eigenvalue weighted by atomic mass is 16.8. The first-order chi connectivity index (χ1) is 28.3. The molecule has 60 heavy (non-hydrogen) atoms. The third kappa shape index (κ3) is 12.1. The second kappa shape index (κ2) is 23.7. The van der Waals surface area contributed by atoms with E-state index in [2.05, 4.69) is 10.6 Å². The molecule has 12 N–H and O–H groups in total. The zero-order valence-electron chi connectivity index (χ0n) is 33.9. The second-order valence-electron chi connectivity index (χ2n) is 14.0. The van der Waals surface area contributed by atoms with Crippen LogP contribution in [0.25, 0.3) is 0 Å². The number of nitrogens with one attached hydrogen (secondary N) is 2. The minimum atomic E-state index is -1.71. The predicted octanol–water partition coefficient (Wildman–Crippen LogP) is -7.83. The fourth-order valence-electron chi connectivity index (χ4n) is 7.07. The molecule has 2 amide bonds. The summed E-state index contributed by atoms with van der Waals surface area (Å²) in [4.78, 5) is 47.7. The van der Waals surface area contributed by atoms with Gasteiger partial charge in [0.2, 0.25) is 11.8 Å². The van der Waals surface area contributed by atoms with Crippen LogP contribution in [0, 0.1) is 0 Å². The first-order valence-electron chi connectivity index (χ1n) is 18.6. The third-order valence-electron chi connectivity index (χ3n) is 9.99. The number of methoxy groups -OCH3 is 4. The van der Waals surface area contributed by atoms with Crippen LogP contribution in [-0.2, 0) is 71.3 Å². The van der Waals surface area contributed by atoms with Crippen molar-refractivity contribution in [3.05, 3.63) is 0 Å². The average molecular weight is 878 g/mol. The smallest absolute Gasteiger partial charge is 0.339 e. The number of aliphatic hydroxyl groups excluding tert-OH is 8. The molecule has 26 heteroatoms. The summed E-state index contributed by atoms with van der Waals surface area (Å²) in [5, 5.41) is 86.3. The van der Waals surface area contributed by atoms with Crippen molar-refractivity contribution in [2.75, 3.05) is 48.4 Å². The Morgan fingerprint density at radius 2 is 0.917 bits per heavy atom. The fraction of sp³-hybridized carbons (Fsp3) is 0.882. The first kappa shape index (κ1) is 51.7. The standard InChI is InChI=1S/C17H30N2O12.C17H29NO11/c1-6(21)19-8-12(26-2)9(22)7(4-20)29-16(8)30-13-10(23)11(24)17(27-3)31-14(13)15(25)28-5-18;1-6(20)13-15(11(23)12(24)17(26-4)28-13)29-16-9(18-7(2)21)14(25-3)10(22)8(5-19)27-16/h7-14,16-17,20,22-24H,4-5,18H2,1-3H3,(H,19,21);8-17,19,22-24H,5H2,1-4H3,(H,18,21)/t7?,8?,9?,10?,11?,12-,13+,14?,16+,17?;8?,9?,10?,11?,12?,13?,14-,15+,16+,17?/m11/s1. The van der Waals surface area contributed by atoms with Gasteiger partial charge in [-0.1, -0.05) is 0 Å². The maximum atomic E-state index is 12.3. The average Bonchev–Trinajstić information content (AvgIpc) is 3.20. The predicted molar refractivity (Wildman–Crippen MR) is 191 cm³/mol. The number of Topliss-reactive ketones (excluding diaryl/α,β-unsaturated/α-hetero) is 1. The molecular formula is C34H59N3O23. The summed E-state index contributed by atoms with van der Waals surface area (Å²) in [5.74, 6) is -2.50. The minimum Gasteiger partial charge on any atom is -0.448 e. The molecule has 0 saturated carbocycles. The Kier molecular flexibility index (Phi) is 20.4. The monoisotopic (exact) mass is 877 g/mol. The number of rotatable bonds is 15.